The van der Waals surface area contributed by atoms with Gasteiger partial charge in [-0.3, -0.25) is 0 Å². The molecule has 7 heteroatoms. The summed E-state index contributed by atoms with van der Waals surface area (Å²) < 4.78 is 15.5. The summed E-state index contributed by atoms with van der Waals surface area (Å²) in [6.45, 7) is 0. The Balaban J connectivity index is 1.81. The van der Waals surface area contributed by atoms with E-state index in [0.717, 1.165) is 15.6 Å². The maximum absolute atomic E-state index is 13.2. The van der Waals surface area contributed by atoms with Gasteiger partial charge in [0.15, 0.2) is 5.82 Å². The van der Waals surface area contributed by atoms with Gasteiger partial charge in [0.05, 0.1) is 0 Å². The number of hydrogen-bond acceptors (Lipinski definition) is 4. The van der Waals surface area contributed by atoms with Gasteiger partial charge >= 0.3 is 0 Å². The van der Waals surface area contributed by atoms with Gasteiger partial charge in [0.1, 0.15) is 5.82 Å². The number of nitrogens with two attached hydrogens (primary N) is 1. The van der Waals surface area contributed by atoms with Gasteiger partial charge in [-0.1, -0.05) is 52.0 Å². The van der Waals surface area contributed by atoms with Crippen molar-refractivity contribution in [1.29, 1.82) is 0 Å². The number of thioether (sulfide) groups is 1. The zero-order valence-corrected chi connectivity index (χ0v) is 13.8. The minimum absolute atomic E-state index is 0.249. The minimum atomic E-state index is -0.249. The lowest BCUT2D eigenvalue weighted by molar-refractivity contribution is 0.626. The Morgan fingerprint density at radius 2 is 1.95 bits per heavy atom. The Morgan fingerprint density at radius 3 is 2.73 bits per heavy atom. The van der Waals surface area contributed by atoms with Gasteiger partial charge in [-0.2, -0.15) is 0 Å². The average Bonchev–Trinajstić information content (AvgIpc) is 2.87. The van der Waals surface area contributed by atoms with E-state index in [-0.39, 0.29) is 5.82 Å². The van der Waals surface area contributed by atoms with Crippen molar-refractivity contribution in [2.24, 2.45) is 0 Å². The van der Waals surface area contributed by atoms with Gasteiger partial charge in [0.2, 0.25) is 5.16 Å². The maximum atomic E-state index is 13.2. The van der Waals surface area contributed by atoms with Gasteiger partial charge in [0, 0.05) is 15.8 Å². The van der Waals surface area contributed by atoms with Crippen molar-refractivity contribution in [3.05, 3.63) is 64.4 Å². The number of rotatable bonds is 4. The topological polar surface area (TPSA) is 56.7 Å². The van der Waals surface area contributed by atoms with Crippen molar-refractivity contribution in [2.45, 2.75) is 10.9 Å². The second kappa shape index (κ2) is 6.50. The zero-order valence-electron chi connectivity index (χ0n) is 11.4. The van der Waals surface area contributed by atoms with Crippen molar-refractivity contribution in [3.8, 4) is 11.4 Å². The molecule has 1 heterocycles. The molecule has 4 nitrogen and oxygen atoms in total. The highest BCUT2D eigenvalue weighted by molar-refractivity contribution is 9.10. The van der Waals surface area contributed by atoms with Gasteiger partial charge < -0.3 is 5.84 Å². The molecule has 0 bridgehead atoms. The first kappa shape index (κ1) is 15.1. The summed E-state index contributed by atoms with van der Waals surface area (Å²) in [5.41, 5.74) is 1.74. The van der Waals surface area contributed by atoms with Crippen molar-refractivity contribution < 1.29 is 4.39 Å². The monoisotopic (exact) mass is 378 g/mol. The summed E-state index contributed by atoms with van der Waals surface area (Å²) in [6, 6.07) is 14.1. The van der Waals surface area contributed by atoms with Crippen molar-refractivity contribution in [3.63, 3.8) is 0 Å². The van der Waals surface area contributed by atoms with E-state index in [1.165, 1.54) is 28.6 Å². The third kappa shape index (κ3) is 3.15. The Hall–Kier alpha value is -1.86. The maximum Gasteiger partial charge on any atom is 0.210 e. The molecule has 1 aromatic heterocycles. The lowest BCUT2D eigenvalue weighted by atomic mass is 10.2. The molecule has 0 atom stereocenters. The van der Waals surface area contributed by atoms with Crippen LogP contribution in [0.15, 0.2) is 58.2 Å². The molecule has 0 fully saturated rings. The SMILES string of the molecule is Nn1c(SCc2cccc(F)c2)nnc1-c1ccccc1Br. The molecular weight excluding hydrogens is 367 g/mol. The van der Waals surface area contributed by atoms with E-state index >= 15 is 0 Å². The minimum Gasteiger partial charge on any atom is -0.335 e. The van der Waals surface area contributed by atoms with Gasteiger partial charge in [0.25, 0.3) is 0 Å². The lowest BCUT2D eigenvalue weighted by Gasteiger charge is -2.05. The molecule has 3 rings (SSSR count). The van der Waals surface area contributed by atoms with E-state index in [1.54, 1.807) is 6.07 Å². The highest BCUT2D eigenvalue weighted by Gasteiger charge is 2.14. The molecule has 22 heavy (non-hydrogen) atoms. The highest BCUT2D eigenvalue weighted by atomic mass is 79.9. The van der Waals surface area contributed by atoms with E-state index in [1.807, 2.05) is 30.3 Å². The van der Waals surface area contributed by atoms with Gasteiger partial charge in [-0.15, -0.1) is 10.2 Å². The molecule has 0 saturated heterocycles. The summed E-state index contributed by atoms with van der Waals surface area (Å²) in [6.07, 6.45) is 0. The number of halogens is 2. The summed E-state index contributed by atoms with van der Waals surface area (Å²) >= 11 is 4.89. The molecular formula is C15H12BrFN4S. The van der Waals surface area contributed by atoms with E-state index in [4.69, 9.17) is 5.84 Å². The summed E-state index contributed by atoms with van der Waals surface area (Å²) in [7, 11) is 0. The van der Waals surface area contributed by atoms with Crippen LogP contribution in [0.3, 0.4) is 0 Å². The van der Waals surface area contributed by atoms with Gasteiger partial charge in [-0.05, 0) is 29.8 Å². The van der Waals surface area contributed by atoms with E-state index in [2.05, 4.69) is 26.1 Å². The largest absolute Gasteiger partial charge is 0.335 e. The molecule has 0 aliphatic heterocycles. The molecule has 0 unspecified atom stereocenters. The van der Waals surface area contributed by atoms with E-state index < -0.39 is 0 Å². The van der Waals surface area contributed by atoms with Crippen LogP contribution < -0.4 is 5.84 Å². The van der Waals surface area contributed by atoms with Crippen LogP contribution in [0.5, 0.6) is 0 Å². The molecule has 0 radical (unpaired) electrons. The number of nitrogens with zero attached hydrogens (tertiary/aromatic N) is 3. The molecule has 0 aliphatic carbocycles. The van der Waals surface area contributed by atoms with Crippen LogP contribution in [-0.2, 0) is 5.75 Å². The second-order valence-corrected chi connectivity index (χ2v) is 6.37. The first-order valence-electron chi connectivity index (χ1n) is 6.48. The average molecular weight is 379 g/mol. The Labute approximate surface area is 139 Å². The molecule has 0 saturated carbocycles. The van der Waals surface area contributed by atoms with Crippen LogP contribution in [0.1, 0.15) is 5.56 Å². The fraction of sp³-hybridized carbons (Fsp3) is 0.0667. The van der Waals surface area contributed by atoms with E-state index in [0.29, 0.717) is 16.7 Å². The fourth-order valence-corrected chi connectivity index (χ4v) is 3.24. The van der Waals surface area contributed by atoms with E-state index in [9.17, 15) is 4.39 Å². The molecule has 0 amide bonds. The summed E-state index contributed by atoms with van der Waals surface area (Å²) in [5, 5.41) is 8.83. The third-order valence-corrected chi connectivity index (χ3v) is 4.74. The van der Waals surface area contributed by atoms with Crippen molar-refractivity contribution in [1.82, 2.24) is 14.9 Å². The molecule has 2 aromatic carbocycles. The quantitative estimate of drug-likeness (QED) is 0.553. The molecule has 2 N–H and O–H groups in total. The zero-order chi connectivity index (χ0) is 15.5. The number of benzene rings is 2. The van der Waals surface area contributed by atoms with Crippen molar-refractivity contribution >= 4 is 27.7 Å². The first-order chi connectivity index (χ1) is 10.6. The smallest absolute Gasteiger partial charge is 0.210 e. The third-order valence-electron chi connectivity index (χ3n) is 3.04. The standard InChI is InChI=1S/C15H12BrFN4S/c16-13-7-2-1-6-12(13)14-19-20-15(21(14)18)22-9-10-4-3-5-11(17)8-10/h1-8H,9,18H2. The predicted molar refractivity (Wildman–Crippen MR) is 89.3 cm³/mol. The normalized spacial score (nSPS) is 10.8. The lowest BCUT2D eigenvalue weighted by Crippen LogP contribution is -2.11. The Morgan fingerprint density at radius 1 is 1.14 bits per heavy atom. The summed E-state index contributed by atoms with van der Waals surface area (Å²) in [5.74, 6) is 6.98. The molecule has 0 aliphatic rings. The van der Waals surface area contributed by atoms with Crippen LogP contribution >= 0.6 is 27.7 Å². The first-order valence-corrected chi connectivity index (χ1v) is 8.25. The molecule has 112 valence electrons. The van der Waals surface area contributed by atoms with Crippen LogP contribution in [0.4, 0.5) is 4.39 Å². The summed E-state index contributed by atoms with van der Waals surface area (Å²) in [4.78, 5) is 0. The number of aromatic nitrogens is 3. The van der Waals surface area contributed by atoms with Crippen LogP contribution in [0.2, 0.25) is 0 Å². The van der Waals surface area contributed by atoms with Crippen molar-refractivity contribution in [2.75, 3.05) is 5.84 Å². The Bertz CT molecular complexity index is 806. The number of hydrogen-bond donors (Lipinski definition) is 1. The highest BCUT2D eigenvalue weighted by Crippen LogP contribution is 2.28. The Kier molecular flexibility index (Phi) is 4.44. The van der Waals surface area contributed by atoms with Gasteiger partial charge in [-0.25, -0.2) is 9.07 Å². The number of nitrogen functional groups attached to an aromatic ring is 1. The fourth-order valence-electron chi connectivity index (χ4n) is 1.98. The second-order valence-electron chi connectivity index (χ2n) is 4.57. The van der Waals surface area contributed by atoms with Crippen LogP contribution in [-0.4, -0.2) is 14.9 Å². The predicted octanol–water partition coefficient (Wildman–Crippen LogP) is 3.85. The molecule has 0 spiro atoms. The van der Waals surface area contributed by atoms with Crippen LogP contribution in [0, 0.1) is 5.82 Å². The molecule has 3 aromatic rings. The van der Waals surface area contributed by atoms with Crippen LogP contribution in [0.25, 0.3) is 11.4 Å².